The zero-order valence-electron chi connectivity index (χ0n) is 13.6. The molecule has 0 radical (unpaired) electrons. The predicted molar refractivity (Wildman–Crippen MR) is 86.5 cm³/mol. The monoisotopic (exact) mass is 316 g/mol. The van der Waals surface area contributed by atoms with Crippen molar-refractivity contribution in [3.63, 3.8) is 0 Å². The number of rotatable bonds is 4. The molecule has 2 fully saturated rings. The molecule has 2 amide bonds. The van der Waals surface area contributed by atoms with Crippen LogP contribution in [0.15, 0.2) is 24.5 Å². The summed E-state index contributed by atoms with van der Waals surface area (Å²) in [6.45, 7) is 6.67. The van der Waals surface area contributed by atoms with Crippen molar-refractivity contribution < 1.29 is 9.59 Å². The number of pyridine rings is 1. The maximum atomic E-state index is 12.6. The lowest BCUT2D eigenvalue weighted by atomic mass is 10.2. The summed E-state index contributed by atoms with van der Waals surface area (Å²) >= 11 is 0. The van der Waals surface area contributed by atoms with E-state index in [1.54, 1.807) is 4.90 Å². The van der Waals surface area contributed by atoms with Crippen LogP contribution < -0.4 is 0 Å². The van der Waals surface area contributed by atoms with Crippen LogP contribution in [0.2, 0.25) is 0 Å². The third-order valence-corrected chi connectivity index (χ3v) is 4.77. The standard InChI is InChI=1S/C17H24N4O2/c1-14(21-8-2-3-16(21)22)17(23)20-11-9-19(10-12-20)13-15-4-6-18-7-5-15/h4-7,14H,2-3,8-13H2,1H3. The van der Waals surface area contributed by atoms with Crippen molar-refractivity contribution in [2.45, 2.75) is 32.4 Å². The van der Waals surface area contributed by atoms with Gasteiger partial charge in [0.25, 0.3) is 0 Å². The Morgan fingerprint density at radius 2 is 1.87 bits per heavy atom. The highest BCUT2D eigenvalue weighted by atomic mass is 16.2. The molecule has 2 saturated heterocycles. The quantitative estimate of drug-likeness (QED) is 0.822. The van der Waals surface area contributed by atoms with Crippen molar-refractivity contribution in [3.05, 3.63) is 30.1 Å². The van der Waals surface area contributed by atoms with Crippen molar-refractivity contribution in [2.75, 3.05) is 32.7 Å². The van der Waals surface area contributed by atoms with Gasteiger partial charge in [0, 0.05) is 58.1 Å². The number of amides is 2. The number of piperazine rings is 1. The fraction of sp³-hybridized carbons (Fsp3) is 0.588. The topological polar surface area (TPSA) is 56.8 Å². The zero-order chi connectivity index (χ0) is 16.2. The number of carbonyl (C=O) groups excluding carboxylic acids is 2. The van der Waals surface area contributed by atoms with E-state index in [-0.39, 0.29) is 17.9 Å². The molecule has 6 heteroatoms. The van der Waals surface area contributed by atoms with Gasteiger partial charge in [0.2, 0.25) is 11.8 Å². The van der Waals surface area contributed by atoms with Gasteiger partial charge in [0.05, 0.1) is 0 Å². The summed E-state index contributed by atoms with van der Waals surface area (Å²) in [7, 11) is 0. The van der Waals surface area contributed by atoms with Gasteiger partial charge in [0.15, 0.2) is 0 Å². The number of aromatic nitrogens is 1. The molecule has 6 nitrogen and oxygen atoms in total. The molecule has 0 saturated carbocycles. The molecule has 0 aromatic carbocycles. The average molecular weight is 316 g/mol. The summed E-state index contributed by atoms with van der Waals surface area (Å²) in [5.74, 6) is 0.200. The molecule has 2 aliphatic rings. The second kappa shape index (κ2) is 7.08. The van der Waals surface area contributed by atoms with E-state index in [0.717, 1.165) is 39.1 Å². The van der Waals surface area contributed by atoms with E-state index in [4.69, 9.17) is 0 Å². The molecule has 1 aromatic rings. The zero-order valence-corrected chi connectivity index (χ0v) is 13.6. The van der Waals surface area contributed by atoms with Crippen molar-refractivity contribution >= 4 is 11.8 Å². The fourth-order valence-electron chi connectivity index (χ4n) is 3.35. The average Bonchev–Trinajstić information content (AvgIpc) is 3.01. The number of carbonyl (C=O) groups is 2. The lowest BCUT2D eigenvalue weighted by Crippen LogP contribution is -2.54. The molecule has 1 unspecified atom stereocenters. The summed E-state index contributed by atoms with van der Waals surface area (Å²) in [5, 5.41) is 0. The SMILES string of the molecule is CC(C(=O)N1CCN(Cc2ccncc2)CC1)N1CCCC1=O. The van der Waals surface area contributed by atoms with Gasteiger partial charge in [0.1, 0.15) is 6.04 Å². The van der Waals surface area contributed by atoms with Crippen LogP contribution >= 0.6 is 0 Å². The minimum Gasteiger partial charge on any atom is -0.338 e. The smallest absolute Gasteiger partial charge is 0.245 e. The number of hydrogen-bond acceptors (Lipinski definition) is 4. The molecular weight excluding hydrogens is 292 g/mol. The lowest BCUT2D eigenvalue weighted by molar-refractivity contribution is -0.144. The highest BCUT2D eigenvalue weighted by Crippen LogP contribution is 2.16. The molecule has 3 rings (SSSR count). The Morgan fingerprint density at radius 3 is 2.48 bits per heavy atom. The minimum absolute atomic E-state index is 0.0869. The lowest BCUT2D eigenvalue weighted by Gasteiger charge is -2.37. The number of likely N-dealkylation sites (tertiary alicyclic amines) is 1. The van der Waals surface area contributed by atoms with E-state index < -0.39 is 0 Å². The van der Waals surface area contributed by atoms with E-state index in [2.05, 4.69) is 9.88 Å². The van der Waals surface area contributed by atoms with Crippen molar-refractivity contribution in [1.29, 1.82) is 0 Å². The van der Waals surface area contributed by atoms with Gasteiger partial charge in [-0.05, 0) is 31.0 Å². The number of nitrogens with zero attached hydrogens (tertiary/aromatic N) is 4. The van der Waals surface area contributed by atoms with Crippen LogP contribution in [-0.2, 0) is 16.1 Å². The fourth-order valence-corrected chi connectivity index (χ4v) is 3.35. The maximum absolute atomic E-state index is 12.6. The molecule has 0 spiro atoms. The molecular formula is C17H24N4O2. The van der Waals surface area contributed by atoms with Crippen LogP contribution in [0.4, 0.5) is 0 Å². The summed E-state index contributed by atoms with van der Waals surface area (Å²) in [6.07, 6.45) is 5.07. The van der Waals surface area contributed by atoms with Crippen LogP contribution in [-0.4, -0.2) is 70.3 Å². The van der Waals surface area contributed by atoms with E-state index in [1.165, 1.54) is 5.56 Å². The Kier molecular flexibility index (Phi) is 4.91. The van der Waals surface area contributed by atoms with E-state index >= 15 is 0 Å². The van der Waals surface area contributed by atoms with Crippen molar-refractivity contribution in [3.8, 4) is 0 Å². The third kappa shape index (κ3) is 3.69. The summed E-state index contributed by atoms with van der Waals surface area (Å²) < 4.78 is 0. The summed E-state index contributed by atoms with van der Waals surface area (Å²) in [6, 6.07) is 3.73. The Bertz CT molecular complexity index is 555. The molecule has 2 aliphatic heterocycles. The van der Waals surface area contributed by atoms with Gasteiger partial charge in [-0.15, -0.1) is 0 Å². The molecule has 23 heavy (non-hydrogen) atoms. The molecule has 1 atom stereocenters. The van der Waals surface area contributed by atoms with Crippen molar-refractivity contribution in [2.24, 2.45) is 0 Å². The van der Waals surface area contributed by atoms with E-state index in [0.29, 0.717) is 13.0 Å². The Morgan fingerprint density at radius 1 is 1.17 bits per heavy atom. The first-order valence-electron chi connectivity index (χ1n) is 8.34. The second-order valence-corrected chi connectivity index (χ2v) is 6.32. The minimum atomic E-state index is -0.322. The van der Waals surface area contributed by atoms with E-state index in [9.17, 15) is 9.59 Å². The molecule has 0 N–H and O–H groups in total. The molecule has 0 bridgehead atoms. The van der Waals surface area contributed by atoms with Gasteiger partial charge in [-0.2, -0.15) is 0 Å². The second-order valence-electron chi connectivity index (χ2n) is 6.32. The van der Waals surface area contributed by atoms with Crippen LogP contribution in [0.3, 0.4) is 0 Å². The van der Waals surface area contributed by atoms with Crippen molar-refractivity contribution in [1.82, 2.24) is 19.7 Å². The summed E-state index contributed by atoms with van der Waals surface area (Å²) in [5.41, 5.74) is 1.25. The first kappa shape index (κ1) is 15.9. The molecule has 124 valence electrons. The van der Waals surface area contributed by atoms with Crippen LogP contribution in [0.1, 0.15) is 25.3 Å². The first-order chi connectivity index (χ1) is 11.1. The van der Waals surface area contributed by atoms with Crippen LogP contribution in [0, 0.1) is 0 Å². The largest absolute Gasteiger partial charge is 0.338 e. The first-order valence-corrected chi connectivity index (χ1v) is 8.34. The van der Waals surface area contributed by atoms with E-state index in [1.807, 2.05) is 36.4 Å². The normalized spacial score (nSPS) is 20.8. The maximum Gasteiger partial charge on any atom is 0.245 e. The van der Waals surface area contributed by atoms with Gasteiger partial charge in [-0.3, -0.25) is 19.5 Å². The van der Waals surface area contributed by atoms with Gasteiger partial charge in [-0.25, -0.2) is 0 Å². The molecule has 0 aliphatic carbocycles. The van der Waals surface area contributed by atoms with Gasteiger partial charge in [-0.1, -0.05) is 0 Å². The van der Waals surface area contributed by atoms with Crippen LogP contribution in [0.25, 0.3) is 0 Å². The third-order valence-electron chi connectivity index (χ3n) is 4.77. The summed E-state index contributed by atoms with van der Waals surface area (Å²) in [4.78, 5) is 34.4. The predicted octanol–water partition coefficient (Wildman–Crippen LogP) is 0.737. The van der Waals surface area contributed by atoms with Crippen LogP contribution in [0.5, 0.6) is 0 Å². The Hall–Kier alpha value is -1.95. The molecule has 3 heterocycles. The highest BCUT2D eigenvalue weighted by Gasteiger charge is 2.33. The highest BCUT2D eigenvalue weighted by molar-refractivity contribution is 5.88. The number of hydrogen-bond donors (Lipinski definition) is 0. The van der Waals surface area contributed by atoms with Gasteiger partial charge < -0.3 is 9.80 Å². The Balaban J connectivity index is 1.50. The molecule has 1 aromatic heterocycles. The Labute approximate surface area is 137 Å². The van der Waals surface area contributed by atoms with Gasteiger partial charge >= 0.3 is 0 Å².